The molecule has 0 saturated carbocycles. The maximum absolute atomic E-state index is 12.9. The summed E-state index contributed by atoms with van der Waals surface area (Å²) in [5.74, 6) is -0.0218. The highest BCUT2D eigenvalue weighted by Crippen LogP contribution is 2.35. The summed E-state index contributed by atoms with van der Waals surface area (Å²) in [5, 5.41) is 16.2. The molecule has 1 atom stereocenters. The number of aryl methyl sites for hydroxylation is 3. The maximum atomic E-state index is 12.9. The molecule has 0 spiro atoms. The molecule has 1 amide bonds. The monoisotopic (exact) mass is 297 g/mol. The Balaban J connectivity index is 1.95. The molecule has 1 aliphatic rings. The predicted octanol–water partition coefficient (Wildman–Crippen LogP) is 2.21. The molecule has 3 heterocycles. The van der Waals surface area contributed by atoms with E-state index in [9.17, 15) is 4.79 Å². The van der Waals surface area contributed by atoms with E-state index in [0.717, 1.165) is 36.3 Å². The van der Waals surface area contributed by atoms with E-state index in [1.54, 1.807) is 23.9 Å². The molecule has 1 saturated heterocycles. The van der Waals surface area contributed by atoms with Crippen molar-refractivity contribution in [3.05, 3.63) is 40.5 Å². The van der Waals surface area contributed by atoms with Crippen molar-refractivity contribution in [1.82, 2.24) is 19.7 Å². The summed E-state index contributed by atoms with van der Waals surface area (Å²) in [6.45, 7) is 4.70. The van der Waals surface area contributed by atoms with Crippen LogP contribution in [0.5, 0.6) is 0 Å². The Kier molecular flexibility index (Phi) is 3.49. The highest BCUT2D eigenvalue weighted by molar-refractivity contribution is 5.93. The van der Waals surface area contributed by atoms with Crippen LogP contribution in [0.1, 0.15) is 51.9 Å². The number of H-pyrrole nitrogens is 1. The fraction of sp³-hybridized carbons (Fsp3) is 0.438. The number of hydrogen-bond acceptors (Lipinski definition) is 3. The fourth-order valence-corrected chi connectivity index (χ4v) is 3.35. The molecule has 1 aliphatic heterocycles. The van der Waals surface area contributed by atoms with Gasteiger partial charge in [-0.25, -0.2) is 0 Å². The van der Waals surface area contributed by atoms with E-state index in [-0.39, 0.29) is 11.9 Å². The molecule has 0 unspecified atom stereocenters. The number of likely N-dealkylation sites (tertiary alicyclic amines) is 1. The van der Waals surface area contributed by atoms with Gasteiger partial charge in [0.15, 0.2) is 0 Å². The molecule has 0 aromatic carbocycles. The van der Waals surface area contributed by atoms with Gasteiger partial charge >= 0.3 is 0 Å². The van der Waals surface area contributed by atoms with Crippen LogP contribution in [0.4, 0.5) is 0 Å². The Morgan fingerprint density at radius 3 is 2.86 bits per heavy atom. The van der Waals surface area contributed by atoms with Crippen molar-refractivity contribution in [3.8, 4) is 6.07 Å². The molecular weight excluding hydrogens is 278 g/mol. The number of aromatic amines is 1. The van der Waals surface area contributed by atoms with Gasteiger partial charge in [-0.3, -0.25) is 9.89 Å². The lowest BCUT2D eigenvalue weighted by atomic mass is 10.0. The molecule has 2 aromatic heterocycles. The van der Waals surface area contributed by atoms with E-state index in [4.69, 9.17) is 5.26 Å². The minimum absolute atomic E-state index is 0.0218. The summed E-state index contributed by atoms with van der Waals surface area (Å²) >= 11 is 0. The van der Waals surface area contributed by atoms with Gasteiger partial charge in [0.05, 0.1) is 17.3 Å². The largest absolute Gasteiger partial charge is 0.345 e. The third-order valence-corrected chi connectivity index (χ3v) is 4.39. The molecule has 3 rings (SSSR count). The molecule has 0 radical (unpaired) electrons. The number of aromatic nitrogens is 3. The number of carbonyl (C=O) groups excluding carboxylic acids is 1. The number of hydrogen-bond donors (Lipinski definition) is 1. The second-order valence-electron chi connectivity index (χ2n) is 5.84. The van der Waals surface area contributed by atoms with Gasteiger partial charge in [-0.05, 0) is 32.8 Å². The van der Waals surface area contributed by atoms with Gasteiger partial charge in [0.2, 0.25) is 0 Å². The fourth-order valence-electron chi connectivity index (χ4n) is 3.35. The maximum Gasteiger partial charge on any atom is 0.271 e. The lowest BCUT2D eigenvalue weighted by molar-refractivity contribution is 0.0725. The SMILES string of the molecule is Cc1n[nH]c(C)c1[C@@H]1CCCN1C(=O)c1cc(C#N)cn1C. The molecule has 1 fully saturated rings. The van der Waals surface area contributed by atoms with Crippen LogP contribution in [0.3, 0.4) is 0 Å². The Morgan fingerprint density at radius 1 is 1.50 bits per heavy atom. The summed E-state index contributed by atoms with van der Waals surface area (Å²) in [4.78, 5) is 14.8. The van der Waals surface area contributed by atoms with Gasteiger partial charge in [-0.1, -0.05) is 0 Å². The van der Waals surface area contributed by atoms with Gasteiger partial charge in [-0.15, -0.1) is 0 Å². The Morgan fingerprint density at radius 2 is 2.27 bits per heavy atom. The third-order valence-electron chi connectivity index (χ3n) is 4.39. The Hall–Kier alpha value is -2.55. The zero-order valence-corrected chi connectivity index (χ0v) is 13.1. The molecule has 0 aliphatic carbocycles. The minimum atomic E-state index is -0.0218. The van der Waals surface area contributed by atoms with Crippen LogP contribution in [0, 0.1) is 25.2 Å². The van der Waals surface area contributed by atoms with E-state index in [1.165, 1.54) is 0 Å². The van der Waals surface area contributed by atoms with Crippen molar-refractivity contribution >= 4 is 5.91 Å². The second kappa shape index (κ2) is 5.34. The Labute approximate surface area is 129 Å². The first kappa shape index (κ1) is 14.4. The molecular formula is C16H19N5O. The van der Waals surface area contributed by atoms with Gasteiger partial charge < -0.3 is 9.47 Å². The van der Waals surface area contributed by atoms with Crippen molar-refractivity contribution in [2.75, 3.05) is 6.54 Å². The summed E-state index contributed by atoms with van der Waals surface area (Å²) in [6.07, 6.45) is 3.62. The number of nitrogens with zero attached hydrogens (tertiary/aromatic N) is 4. The first-order chi connectivity index (χ1) is 10.5. The molecule has 2 aromatic rings. The standard InChI is InChI=1S/C16H19N5O/c1-10-15(11(2)19-18-10)13-5-4-6-21(13)16(22)14-7-12(8-17)9-20(14)3/h7,9,13H,4-6H2,1-3H3,(H,18,19)/t13-/m0/s1. The summed E-state index contributed by atoms with van der Waals surface area (Å²) in [7, 11) is 1.80. The number of amides is 1. The zero-order valence-electron chi connectivity index (χ0n) is 13.1. The smallest absolute Gasteiger partial charge is 0.271 e. The number of nitrogens with one attached hydrogen (secondary N) is 1. The molecule has 6 heteroatoms. The van der Waals surface area contributed by atoms with Crippen LogP contribution >= 0.6 is 0 Å². The van der Waals surface area contributed by atoms with E-state index in [0.29, 0.717) is 11.3 Å². The van der Waals surface area contributed by atoms with Crippen molar-refractivity contribution in [1.29, 1.82) is 5.26 Å². The first-order valence-corrected chi connectivity index (χ1v) is 7.41. The topological polar surface area (TPSA) is 77.7 Å². The summed E-state index contributed by atoms with van der Waals surface area (Å²) < 4.78 is 1.73. The van der Waals surface area contributed by atoms with Crippen LogP contribution in [0.15, 0.2) is 12.3 Å². The van der Waals surface area contributed by atoms with E-state index in [2.05, 4.69) is 16.3 Å². The van der Waals surface area contributed by atoms with Crippen molar-refractivity contribution in [2.24, 2.45) is 7.05 Å². The van der Waals surface area contributed by atoms with E-state index < -0.39 is 0 Å². The van der Waals surface area contributed by atoms with Gasteiger partial charge in [-0.2, -0.15) is 10.4 Å². The summed E-state index contributed by atoms with van der Waals surface area (Å²) in [6, 6.07) is 3.81. The zero-order chi connectivity index (χ0) is 15.9. The molecule has 1 N–H and O–H groups in total. The summed E-state index contributed by atoms with van der Waals surface area (Å²) in [5.41, 5.74) is 4.17. The number of rotatable bonds is 2. The van der Waals surface area contributed by atoms with E-state index in [1.807, 2.05) is 18.7 Å². The van der Waals surface area contributed by atoms with Crippen LogP contribution in [0.25, 0.3) is 0 Å². The first-order valence-electron chi connectivity index (χ1n) is 7.41. The molecule has 0 bridgehead atoms. The number of nitriles is 1. The van der Waals surface area contributed by atoms with Crippen molar-refractivity contribution < 1.29 is 4.79 Å². The lowest BCUT2D eigenvalue weighted by Gasteiger charge is -2.25. The lowest BCUT2D eigenvalue weighted by Crippen LogP contribution is -2.32. The molecule has 6 nitrogen and oxygen atoms in total. The second-order valence-corrected chi connectivity index (χ2v) is 5.84. The van der Waals surface area contributed by atoms with Gasteiger partial charge in [0.1, 0.15) is 11.8 Å². The normalized spacial score (nSPS) is 17.7. The van der Waals surface area contributed by atoms with E-state index >= 15 is 0 Å². The average Bonchev–Trinajstić information content (AvgIpc) is 3.18. The quantitative estimate of drug-likeness (QED) is 0.923. The van der Waals surface area contributed by atoms with Crippen LogP contribution in [0.2, 0.25) is 0 Å². The van der Waals surface area contributed by atoms with Crippen LogP contribution < -0.4 is 0 Å². The highest BCUT2D eigenvalue weighted by Gasteiger charge is 2.34. The molecule has 114 valence electrons. The number of carbonyl (C=O) groups is 1. The Bertz CT molecular complexity index is 745. The highest BCUT2D eigenvalue weighted by atomic mass is 16.2. The third kappa shape index (κ3) is 2.19. The minimum Gasteiger partial charge on any atom is -0.345 e. The van der Waals surface area contributed by atoms with Gasteiger partial charge in [0.25, 0.3) is 5.91 Å². The van der Waals surface area contributed by atoms with Crippen molar-refractivity contribution in [3.63, 3.8) is 0 Å². The predicted molar refractivity (Wildman–Crippen MR) is 81.2 cm³/mol. The van der Waals surface area contributed by atoms with Gasteiger partial charge in [0, 0.05) is 31.0 Å². The van der Waals surface area contributed by atoms with Crippen LogP contribution in [-0.2, 0) is 7.05 Å². The molecule has 22 heavy (non-hydrogen) atoms. The van der Waals surface area contributed by atoms with Crippen LogP contribution in [-0.4, -0.2) is 32.1 Å². The van der Waals surface area contributed by atoms with Crippen molar-refractivity contribution in [2.45, 2.75) is 32.7 Å². The average molecular weight is 297 g/mol.